The molecule has 4 aliphatic rings. The fourth-order valence-electron chi connectivity index (χ4n) is 6.31. The van der Waals surface area contributed by atoms with Crippen molar-refractivity contribution in [1.82, 2.24) is 9.96 Å². The second-order valence-corrected chi connectivity index (χ2v) is 9.87. The van der Waals surface area contributed by atoms with Crippen LogP contribution in [0, 0.1) is 17.7 Å². The molecule has 1 aromatic carbocycles. The van der Waals surface area contributed by atoms with Crippen LogP contribution < -0.4 is 5.73 Å². The molecule has 0 saturated heterocycles. The van der Waals surface area contributed by atoms with E-state index in [1.807, 2.05) is 0 Å². The van der Waals surface area contributed by atoms with Gasteiger partial charge in [-0.2, -0.15) is 5.06 Å². The number of Topliss-reactive ketones (excluding diaryl/α,β-unsaturated/α-hetero) is 2. The summed E-state index contributed by atoms with van der Waals surface area (Å²) in [4.78, 5) is 40.5. The van der Waals surface area contributed by atoms with Gasteiger partial charge in [0, 0.05) is 28.2 Å². The number of benzene rings is 1. The van der Waals surface area contributed by atoms with Gasteiger partial charge in [-0.25, -0.2) is 4.39 Å². The lowest BCUT2D eigenvalue weighted by atomic mass is 9.58. The molecule has 0 aromatic heterocycles. The zero-order valence-corrected chi connectivity index (χ0v) is 19.6. The number of ketones is 2. The monoisotopic (exact) mass is 503 g/mol. The van der Waals surface area contributed by atoms with Crippen LogP contribution in [0.4, 0.5) is 4.39 Å². The Morgan fingerprint density at radius 3 is 2.44 bits per heavy atom. The predicted molar refractivity (Wildman–Crippen MR) is 119 cm³/mol. The summed E-state index contributed by atoms with van der Waals surface area (Å²) < 4.78 is 15.5. The molecule has 0 saturated carbocycles. The number of hydroxylamine groups is 2. The largest absolute Gasteiger partial charge is 0.510 e. The highest BCUT2D eigenvalue weighted by molar-refractivity contribution is 6.24. The predicted octanol–water partition coefficient (Wildman–Crippen LogP) is 0.355. The van der Waals surface area contributed by atoms with Crippen LogP contribution in [0.5, 0.6) is 5.75 Å². The minimum Gasteiger partial charge on any atom is -0.510 e. The molecule has 11 nitrogen and oxygen atoms in total. The smallest absolute Gasteiger partial charge is 0.255 e. The minimum atomic E-state index is -2.75. The van der Waals surface area contributed by atoms with E-state index in [-0.39, 0.29) is 48.2 Å². The van der Waals surface area contributed by atoms with E-state index < -0.39 is 75.2 Å². The van der Waals surface area contributed by atoms with Gasteiger partial charge in [0.25, 0.3) is 5.91 Å². The zero-order chi connectivity index (χ0) is 26.4. The number of primary amides is 1. The summed E-state index contributed by atoms with van der Waals surface area (Å²) in [5, 5.41) is 55.2. The summed E-state index contributed by atoms with van der Waals surface area (Å²) in [5.41, 5.74) is 0.948. The van der Waals surface area contributed by atoms with Crippen molar-refractivity contribution < 1.29 is 44.4 Å². The molecule has 7 N–H and O–H groups in total. The number of aromatic hydroxyl groups is 1. The lowest BCUT2D eigenvalue weighted by Crippen LogP contribution is -2.64. The topological polar surface area (TPSA) is 185 Å². The second-order valence-electron chi connectivity index (χ2n) is 9.87. The summed E-state index contributed by atoms with van der Waals surface area (Å²) in [6, 6.07) is -1.11. The van der Waals surface area contributed by atoms with Gasteiger partial charge in [0.2, 0.25) is 5.78 Å². The second kappa shape index (κ2) is 7.84. The van der Waals surface area contributed by atoms with Crippen molar-refractivity contribution in [3.05, 3.63) is 50.7 Å². The summed E-state index contributed by atoms with van der Waals surface area (Å²) in [6.07, 6.45) is -0.267. The summed E-state index contributed by atoms with van der Waals surface area (Å²) >= 11 is 0. The van der Waals surface area contributed by atoms with E-state index in [1.165, 1.54) is 0 Å². The van der Waals surface area contributed by atoms with Gasteiger partial charge in [0.1, 0.15) is 28.7 Å². The van der Waals surface area contributed by atoms with Crippen LogP contribution in [0.1, 0.15) is 40.4 Å². The highest BCUT2D eigenvalue weighted by atomic mass is 19.1. The number of halogens is 1. The van der Waals surface area contributed by atoms with Crippen molar-refractivity contribution in [1.29, 1.82) is 0 Å². The Morgan fingerprint density at radius 1 is 1.19 bits per heavy atom. The Bertz CT molecular complexity index is 1320. The molecular formula is C24H26FN3O8. The molecule has 3 aliphatic carbocycles. The number of likely N-dealkylation sites (N-methyl/N-ethyl adjacent to an activating group) is 1. The standard InChI is InChI=1S/C24H26FN3O8/c1-3-27(2)17-12-5-8-4-9-14(18(29)11-7-28(36)6-10(11)16(9)25)19(30)13(8)21(32)24(12,35)22(33)15(20(17)31)23(26)34/h8,12,17,29,31-32,35-36H,3-7H2,1-2H3,(H2,26,34)/t8-,12-,17-,24-/m0/s1. The van der Waals surface area contributed by atoms with E-state index in [1.54, 1.807) is 18.9 Å². The SMILES string of the molecule is CCN(C)[C@@H]1C(O)=C(C(N)=O)C(=O)[C@@]2(O)C(O)=C3C(=O)c4c(O)c5c(c(F)c4C[C@H]3C[C@@H]12)CN(O)C5. The Hall–Kier alpha value is -3.32. The molecule has 5 rings (SSSR count). The molecule has 1 aromatic rings. The van der Waals surface area contributed by atoms with Crippen LogP contribution in [0.15, 0.2) is 22.7 Å². The number of hydrogen-bond donors (Lipinski definition) is 6. The Morgan fingerprint density at radius 2 is 1.83 bits per heavy atom. The first-order valence-corrected chi connectivity index (χ1v) is 11.5. The number of rotatable bonds is 3. The minimum absolute atomic E-state index is 0.0373. The average molecular weight is 503 g/mol. The van der Waals surface area contributed by atoms with Gasteiger partial charge < -0.3 is 31.4 Å². The number of carbonyl (C=O) groups is 3. The van der Waals surface area contributed by atoms with Crippen LogP contribution in [-0.2, 0) is 29.1 Å². The van der Waals surface area contributed by atoms with Gasteiger partial charge in [-0.05, 0) is 32.4 Å². The van der Waals surface area contributed by atoms with Gasteiger partial charge >= 0.3 is 0 Å². The van der Waals surface area contributed by atoms with Crippen molar-refractivity contribution in [2.24, 2.45) is 17.6 Å². The molecule has 0 bridgehead atoms. The third kappa shape index (κ3) is 2.89. The van der Waals surface area contributed by atoms with E-state index in [4.69, 9.17) is 5.73 Å². The van der Waals surface area contributed by atoms with Crippen molar-refractivity contribution in [2.45, 2.75) is 44.5 Å². The number of carbonyl (C=O) groups excluding carboxylic acids is 3. The normalized spacial score (nSPS) is 29.9. The molecular weight excluding hydrogens is 477 g/mol. The molecule has 192 valence electrons. The molecule has 36 heavy (non-hydrogen) atoms. The van der Waals surface area contributed by atoms with Gasteiger partial charge in [-0.3, -0.25) is 19.3 Å². The number of phenols is 1. The van der Waals surface area contributed by atoms with E-state index in [0.29, 0.717) is 6.54 Å². The van der Waals surface area contributed by atoms with Gasteiger partial charge in [-0.1, -0.05) is 6.92 Å². The fourth-order valence-corrected chi connectivity index (χ4v) is 6.31. The molecule has 12 heteroatoms. The molecule has 1 amide bonds. The third-order valence-electron chi connectivity index (χ3n) is 8.13. The number of hydrogen-bond acceptors (Lipinski definition) is 10. The van der Waals surface area contributed by atoms with Crippen molar-refractivity contribution in [2.75, 3.05) is 13.6 Å². The highest BCUT2D eigenvalue weighted by Gasteiger charge is 2.63. The maximum atomic E-state index is 15.5. The first-order chi connectivity index (χ1) is 16.9. The van der Waals surface area contributed by atoms with Crippen molar-refractivity contribution in [3.8, 4) is 5.75 Å². The third-order valence-corrected chi connectivity index (χ3v) is 8.13. The lowest BCUT2D eigenvalue weighted by Gasteiger charge is -2.50. The number of amides is 1. The first kappa shape index (κ1) is 24.4. The maximum absolute atomic E-state index is 15.5. The van der Waals surface area contributed by atoms with Gasteiger partial charge in [0.05, 0.1) is 24.7 Å². The van der Waals surface area contributed by atoms with Crippen LogP contribution in [0.2, 0.25) is 0 Å². The molecule has 0 unspecified atom stereocenters. The Labute approximate surface area is 204 Å². The van der Waals surface area contributed by atoms with Crippen LogP contribution in [-0.4, -0.2) is 78.3 Å². The first-order valence-electron chi connectivity index (χ1n) is 11.5. The number of nitrogens with two attached hydrogens (primary N) is 1. The van der Waals surface area contributed by atoms with Crippen LogP contribution >= 0.6 is 0 Å². The quantitative estimate of drug-likeness (QED) is 0.315. The van der Waals surface area contributed by atoms with Gasteiger partial charge in [-0.15, -0.1) is 0 Å². The highest BCUT2D eigenvalue weighted by Crippen LogP contribution is 2.53. The maximum Gasteiger partial charge on any atom is 0.255 e. The summed E-state index contributed by atoms with van der Waals surface area (Å²) in [7, 11) is 1.58. The molecule has 1 heterocycles. The molecule has 4 atom stereocenters. The number of fused-ring (bicyclic) bond motifs is 4. The Kier molecular flexibility index (Phi) is 5.31. The van der Waals surface area contributed by atoms with Crippen molar-refractivity contribution >= 4 is 17.5 Å². The van der Waals surface area contributed by atoms with E-state index >= 15 is 4.39 Å². The summed E-state index contributed by atoms with van der Waals surface area (Å²) in [6.45, 7) is 1.66. The number of nitrogens with zero attached hydrogens (tertiary/aromatic N) is 2. The van der Waals surface area contributed by atoms with E-state index in [9.17, 15) is 40.0 Å². The number of phenolic OH excluding ortho intramolecular Hbond substituents is 1. The molecule has 0 fully saturated rings. The average Bonchev–Trinajstić information content (AvgIpc) is 3.21. The van der Waals surface area contributed by atoms with Crippen LogP contribution in [0.25, 0.3) is 0 Å². The Balaban J connectivity index is 1.73. The molecule has 1 aliphatic heterocycles. The van der Waals surface area contributed by atoms with Crippen LogP contribution in [0.3, 0.4) is 0 Å². The van der Waals surface area contributed by atoms with Gasteiger partial charge in [0.15, 0.2) is 11.4 Å². The van der Waals surface area contributed by atoms with Crippen molar-refractivity contribution in [3.63, 3.8) is 0 Å². The molecule has 0 radical (unpaired) electrons. The fraction of sp³-hybridized carbons (Fsp3) is 0.458. The number of allylic oxidation sites excluding steroid dienone is 1. The zero-order valence-electron chi connectivity index (χ0n) is 19.6. The molecule has 0 spiro atoms. The number of aliphatic hydroxyl groups is 3. The van der Waals surface area contributed by atoms with E-state index in [2.05, 4.69) is 0 Å². The number of aliphatic hydroxyl groups excluding tert-OH is 2. The lowest BCUT2D eigenvalue weighted by molar-refractivity contribution is -0.148. The summed E-state index contributed by atoms with van der Waals surface area (Å²) in [5.74, 6) is -8.59. The van der Waals surface area contributed by atoms with E-state index in [0.717, 1.165) is 5.06 Å².